The fraction of sp³-hybridized carbons (Fsp3) is 0.533. The van der Waals surface area contributed by atoms with Gasteiger partial charge in [-0.3, -0.25) is 4.79 Å². The maximum absolute atomic E-state index is 12.0. The Morgan fingerprint density at radius 2 is 2.21 bits per heavy atom. The van der Waals surface area contributed by atoms with Crippen molar-refractivity contribution in [2.45, 2.75) is 31.9 Å². The van der Waals surface area contributed by atoms with E-state index in [-0.39, 0.29) is 12.0 Å². The zero-order chi connectivity index (χ0) is 13.7. The fourth-order valence-electron chi connectivity index (χ4n) is 2.53. The molecule has 2 unspecified atom stereocenters. The SMILES string of the molecule is CCC1OCCC1CNC(=O)[C@H](N)c1ccccc1. The van der Waals surface area contributed by atoms with Gasteiger partial charge < -0.3 is 15.8 Å². The number of ether oxygens (including phenoxy) is 1. The van der Waals surface area contributed by atoms with Gasteiger partial charge >= 0.3 is 0 Å². The Kier molecular flexibility index (Phi) is 4.93. The standard InChI is InChI=1S/C15H22N2O2/c1-2-13-12(8-9-19-13)10-17-15(18)14(16)11-6-4-3-5-7-11/h3-7,12-14H,2,8-10,16H2,1H3,(H,17,18)/t12?,13?,14-/m1/s1. The van der Waals surface area contributed by atoms with Crippen LogP contribution >= 0.6 is 0 Å². The second kappa shape index (κ2) is 6.68. The number of benzene rings is 1. The average Bonchev–Trinajstić information content (AvgIpc) is 2.92. The van der Waals surface area contributed by atoms with Gasteiger partial charge in [0.05, 0.1) is 6.10 Å². The first-order chi connectivity index (χ1) is 9.22. The third-order valence-corrected chi connectivity index (χ3v) is 3.73. The van der Waals surface area contributed by atoms with Crippen LogP contribution in [0.25, 0.3) is 0 Å². The molecular formula is C15H22N2O2. The summed E-state index contributed by atoms with van der Waals surface area (Å²) in [5.41, 5.74) is 6.79. The number of carbonyl (C=O) groups excluding carboxylic acids is 1. The monoisotopic (exact) mass is 262 g/mol. The van der Waals surface area contributed by atoms with E-state index in [9.17, 15) is 4.79 Å². The molecule has 2 rings (SSSR count). The van der Waals surface area contributed by atoms with Crippen LogP contribution in [0.3, 0.4) is 0 Å². The first-order valence-corrected chi connectivity index (χ1v) is 6.92. The molecule has 3 N–H and O–H groups in total. The van der Waals surface area contributed by atoms with E-state index in [1.807, 2.05) is 30.3 Å². The van der Waals surface area contributed by atoms with Crippen molar-refractivity contribution in [1.82, 2.24) is 5.32 Å². The molecule has 104 valence electrons. The van der Waals surface area contributed by atoms with Crippen molar-refractivity contribution in [2.24, 2.45) is 11.7 Å². The molecule has 1 aromatic rings. The molecule has 1 fully saturated rings. The molecule has 4 nitrogen and oxygen atoms in total. The normalized spacial score (nSPS) is 24.1. The van der Waals surface area contributed by atoms with Crippen LogP contribution < -0.4 is 11.1 Å². The van der Waals surface area contributed by atoms with E-state index in [4.69, 9.17) is 10.5 Å². The zero-order valence-electron chi connectivity index (χ0n) is 11.3. The molecule has 4 heteroatoms. The first-order valence-electron chi connectivity index (χ1n) is 6.92. The van der Waals surface area contributed by atoms with Crippen LogP contribution in [0.1, 0.15) is 31.4 Å². The molecule has 0 saturated carbocycles. The smallest absolute Gasteiger partial charge is 0.241 e. The van der Waals surface area contributed by atoms with Crippen LogP contribution in [0.4, 0.5) is 0 Å². The average molecular weight is 262 g/mol. The van der Waals surface area contributed by atoms with Gasteiger partial charge in [-0.1, -0.05) is 37.3 Å². The first kappa shape index (κ1) is 14.0. The van der Waals surface area contributed by atoms with Gasteiger partial charge in [-0.2, -0.15) is 0 Å². The van der Waals surface area contributed by atoms with Crippen LogP contribution in [-0.2, 0) is 9.53 Å². The van der Waals surface area contributed by atoms with Gasteiger partial charge in [-0.05, 0) is 18.4 Å². The number of amides is 1. The molecule has 0 bridgehead atoms. The highest BCUT2D eigenvalue weighted by molar-refractivity contribution is 5.82. The molecule has 0 radical (unpaired) electrons. The minimum atomic E-state index is -0.594. The molecule has 1 heterocycles. The van der Waals surface area contributed by atoms with Crippen LogP contribution in [0.15, 0.2) is 30.3 Å². The summed E-state index contributed by atoms with van der Waals surface area (Å²) in [4.78, 5) is 12.0. The molecule has 1 amide bonds. The number of nitrogens with two attached hydrogens (primary N) is 1. The Hall–Kier alpha value is -1.39. The van der Waals surface area contributed by atoms with Crippen LogP contribution in [0.5, 0.6) is 0 Å². The van der Waals surface area contributed by atoms with Crippen molar-refractivity contribution in [2.75, 3.05) is 13.2 Å². The van der Waals surface area contributed by atoms with Crippen molar-refractivity contribution in [3.63, 3.8) is 0 Å². The number of hydrogen-bond acceptors (Lipinski definition) is 3. The lowest BCUT2D eigenvalue weighted by Crippen LogP contribution is -2.38. The Morgan fingerprint density at radius 1 is 1.47 bits per heavy atom. The summed E-state index contributed by atoms with van der Waals surface area (Å²) in [5.74, 6) is 0.296. The van der Waals surface area contributed by atoms with Crippen molar-refractivity contribution < 1.29 is 9.53 Å². The Balaban J connectivity index is 1.84. The predicted octanol–water partition coefficient (Wildman–Crippen LogP) is 1.62. The van der Waals surface area contributed by atoms with Gasteiger partial charge in [0.25, 0.3) is 0 Å². The van der Waals surface area contributed by atoms with Gasteiger partial charge in [0.15, 0.2) is 0 Å². The van der Waals surface area contributed by atoms with E-state index in [1.54, 1.807) is 0 Å². The second-order valence-corrected chi connectivity index (χ2v) is 5.00. The molecule has 1 aliphatic rings. The highest BCUT2D eigenvalue weighted by Crippen LogP contribution is 2.22. The molecule has 1 aliphatic heterocycles. The zero-order valence-corrected chi connectivity index (χ0v) is 11.3. The van der Waals surface area contributed by atoms with Crippen LogP contribution in [0, 0.1) is 5.92 Å². The molecule has 1 saturated heterocycles. The minimum Gasteiger partial charge on any atom is -0.378 e. The van der Waals surface area contributed by atoms with Crippen molar-refractivity contribution in [3.8, 4) is 0 Å². The Labute approximate surface area is 114 Å². The fourth-order valence-corrected chi connectivity index (χ4v) is 2.53. The summed E-state index contributed by atoms with van der Waals surface area (Å²) < 4.78 is 5.61. The van der Waals surface area contributed by atoms with Gasteiger partial charge in [0, 0.05) is 19.1 Å². The van der Waals surface area contributed by atoms with Gasteiger partial charge in [0.1, 0.15) is 6.04 Å². The highest BCUT2D eigenvalue weighted by atomic mass is 16.5. The third kappa shape index (κ3) is 3.55. The van der Waals surface area contributed by atoms with Crippen molar-refractivity contribution >= 4 is 5.91 Å². The third-order valence-electron chi connectivity index (χ3n) is 3.73. The van der Waals surface area contributed by atoms with E-state index in [2.05, 4.69) is 12.2 Å². The van der Waals surface area contributed by atoms with E-state index < -0.39 is 6.04 Å². The lowest BCUT2D eigenvalue weighted by Gasteiger charge is -2.19. The number of carbonyl (C=O) groups is 1. The maximum atomic E-state index is 12.0. The quantitative estimate of drug-likeness (QED) is 0.847. The summed E-state index contributed by atoms with van der Waals surface area (Å²) in [6, 6.07) is 8.84. The summed E-state index contributed by atoms with van der Waals surface area (Å²) in [7, 11) is 0. The van der Waals surface area contributed by atoms with Gasteiger partial charge in [0.2, 0.25) is 5.91 Å². The predicted molar refractivity (Wildman–Crippen MR) is 74.5 cm³/mol. The second-order valence-electron chi connectivity index (χ2n) is 5.00. The summed E-state index contributed by atoms with van der Waals surface area (Å²) >= 11 is 0. The summed E-state index contributed by atoms with van der Waals surface area (Å²) in [6.45, 7) is 3.56. The van der Waals surface area contributed by atoms with E-state index in [1.165, 1.54) is 0 Å². The highest BCUT2D eigenvalue weighted by Gasteiger charge is 2.27. The Bertz CT molecular complexity index is 408. The van der Waals surface area contributed by atoms with Crippen molar-refractivity contribution in [3.05, 3.63) is 35.9 Å². The molecule has 19 heavy (non-hydrogen) atoms. The lowest BCUT2D eigenvalue weighted by atomic mass is 9.99. The Morgan fingerprint density at radius 3 is 2.89 bits per heavy atom. The molecule has 0 spiro atoms. The van der Waals surface area contributed by atoms with Gasteiger partial charge in [-0.25, -0.2) is 0 Å². The lowest BCUT2D eigenvalue weighted by molar-refractivity contribution is -0.122. The molecule has 0 aromatic heterocycles. The number of nitrogens with one attached hydrogen (secondary N) is 1. The largest absolute Gasteiger partial charge is 0.378 e. The molecule has 0 aliphatic carbocycles. The number of rotatable bonds is 5. The summed E-state index contributed by atoms with van der Waals surface area (Å²) in [6.07, 6.45) is 2.28. The topological polar surface area (TPSA) is 64.3 Å². The van der Waals surface area contributed by atoms with Crippen LogP contribution in [0.2, 0.25) is 0 Å². The molecule has 3 atom stereocenters. The summed E-state index contributed by atoms with van der Waals surface area (Å²) in [5, 5.41) is 2.94. The molecule has 1 aromatic carbocycles. The van der Waals surface area contributed by atoms with E-state index >= 15 is 0 Å². The van der Waals surface area contributed by atoms with Crippen molar-refractivity contribution in [1.29, 1.82) is 0 Å². The van der Waals surface area contributed by atoms with Gasteiger partial charge in [-0.15, -0.1) is 0 Å². The maximum Gasteiger partial charge on any atom is 0.241 e. The van der Waals surface area contributed by atoms with E-state index in [0.29, 0.717) is 12.5 Å². The number of hydrogen-bond donors (Lipinski definition) is 2. The molecular weight excluding hydrogens is 240 g/mol. The van der Waals surface area contributed by atoms with E-state index in [0.717, 1.165) is 25.0 Å². The van der Waals surface area contributed by atoms with Crippen LogP contribution in [-0.4, -0.2) is 25.2 Å². The minimum absolute atomic E-state index is 0.118.